The first-order valence-electron chi connectivity index (χ1n) is 6.72. The van der Waals surface area contributed by atoms with Crippen molar-refractivity contribution in [2.24, 2.45) is 0 Å². The fraction of sp³-hybridized carbons (Fsp3) is 0.125. The SMILES string of the molecule is Cc1ccccc1-c1cc2cc([N+](=O)[O-])c(C(F)(F)F)cc2[nH]1. The summed E-state index contributed by atoms with van der Waals surface area (Å²) in [4.78, 5) is 12.8. The Bertz CT molecular complexity index is 913. The highest BCUT2D eigenvalue weighted by atomic mass is 19.4. The molecule has 0 aliphatic rings. The zero-order valence-corrected chi connectivity index (χ0v) is 11.9. The molecule has 1 N–H and O–H groups in total. The predicted octanol–water partition coefficient (Wildman–Crippen LogP) is 5.07. The first-order chi connectivity index (χ1) is 10.8. The number of nitro groups is 1. The van der Waals surface area contributed by atoms with Gasteiger partial charge in [-0.3, -0.25) is 10.1 Å². The number of hydrogen-bond donors (Lipinski definition) is 1. The first kappa shape index (κ1) is 15.1. The maximum Gasteiger partial charge on any atom is 0.423 e. The van der Waals surface area contributed by atoms with Crippen LogP contribution < -0.4 is 0 Å². The maximum atomic E-state index is 13.0. The fourth-order valence-electron chi connectivity index (χ4n) is 2.57. The zero-order chi connectivity index (χ0) is 16.8. The standard InChI is InChI=1S/C16H11F3N2O2/c1-9-4-2-3-5-11(9)14-6-10-7-15(21(22)23)12(16(17,18)19)8-13(10)20-14/h2-8,20H,1H3. The third-order valence-electron chi connectivity index (χ3n) is 3.67. The highest BCUT2D eigenvalue weighted by Gasteiger charge is 2.38. The topological polar surface area (TPSA) is 58.9 Å². The number of hydrogen-bond acceptors (Lipinski definition) is 2. The van der Waals surface area contributed by atoms with E-state index >= 15 is 0 Å². The molecule has 7 heteroatoms. The van der Waals surface area contributed by atoms with Gasteiger partial charge in [0.2, 0.25) is 0 Å². The molecule has 2 aromatic carbocycles. The molecule has 0 radical (unpaired) electrons. The number of halogens is 3. The molecule has 0 bridgehead atoms. The summed E-state index contributed by atoms with van der Waals surface area (Å²) in [5.74, 6) is 0. The number of aryl methyl sites for hydroxylation is 1. The Morgan fingerprint density at radius 2 is 1.83 bits per heavy atom. The third-order valence-corrected chi connectivity index (χ3v) is 3.67. The van der Waals surface area contributed by atoms with Crippen molar-refractivity contribution < 1.29 is 18.1 Å². The molecule has 0 unspecified atom stereocenters. The van der Waals surface area contributed by atoms with Gasteiger partial charge in [-0.05, 0) is 24.6 Å². The van der Waals surface area contributed by atoms with Crippen LogP contribution >= 0.6 is 0 Å². The quantitative estimate of drug-likeness (QED) is 0.529. The van der Waals surface area contributed by atoms with Gasteiger partial charge in [-0.2, -0.15) is 13.2 Å². The van der Waals surface area contributed by atoms with E-state index in [-0.39, 0.29) is 5.52 Å². The largest absolute Gasteiger partial charge is 0.423 e. The van der Waals surface area contributed by atoms with Crippen molar-refractivity contribution in [3.8, 4) is 11.3 Å². The first-order valence-corrected chi connectivity index (χ1v) is 6.72. The lowest BCUT2D eigenvalue weighted by Gasteiger charge is -2.07. The Morgan fingerprint density at radius 1 is 1.13 bits per heavy atom. The van der Waals surface area contributed by atoms with Crippen LogP contribution in [0.4, 0.5) is 18.9 Å². The van der Waals surface area contributed by atoms with Crippen molar-refractivity contribution in [1.82, 2.24) is 4.98 Å². The van der Waals surface area contributed by atoms with E-state index in [4.69, 9.17) is 0 Å². The van der Waals surface area contributed by atoms with Crippen LogP contribution in [0.15, 0.2) is 42.5 Å². The van der Waals surface area contributed by atoms with Crippen molar-refractivity contribution in [1.29, 1.82) is 0 Å². The number of aromatic amines is 1. The minimum absolute atomic E-state index is 0.209. The molecule has 4 nitrogen and oxygen atoms in total. The Labute approximate surface area is 128 Å². The van der Waals surface area contributed by atoms with Crippen LogP contribution in [-0.2, 0) is 6.18 Å². The van der Waals surface area contributed by atoms with Crippen LogP contribution in [0.3, 0.4) is 0 Å². The number of aromatic nitrogens is 1. The molecule has 0 fully saturated rings. The second kappa shape index (κ2) is 5.12. The predicted molar refractivity (Wildman–Crippen MR) is 80.1 cm³/mol. The van der Waals surface area contributed by atoms with Crippen molar-refractivity contribution in [3.05, 3.63) is 63.7 Å². The minimum Gasteiger partial charge on any atom is -0.355 e. The molecule has 0 saturated carbocycles. The molecule has 1 heterocycles. The summed E-state index contributed by atoms with van der Waals surface area (Å²) in [6, 6.07) is 10.7. The van der Waals surface area contributed by atoms with Gasteiger partial charge in [-0.1, -0.05) is 24.3 Å². The molecule has 3 aromatic rings. The number of nitro benzene ring substituents is 1. The van der Waals surface area contributed by atoms with Crippen molar-refractivity contribution in [2.75, 3.05) is 0 Å². The van der Waals surface area contributed by atoms with E-state index < -0.39 is 22.4 Å². The molecular weight excluding hydrogens is 309 g/mol. The van der Waals surface area contributed by atoms with Gasteiger partial charge in [0, 0.05) is 28.2 Å². The molecule has 0 aliphatic heterocycles. The summed E-state index contributed by atoms with van der Waals surface area (Å²) in [6.07, 6.45) is -4.79. The number of nitrogens with one attached hydrogen (secondary N) is 1. The number of H-pyrrole nitrogens is 1. The van der Waals surface area contributed by atoms with Gasteiger partial charge >= 0.3 is 6.18 Å². The summed E-state index contributed by atoms with van der Waals surface area (Å²) in [5.41, 5.74) is 0.408. The lowest BCUT2D eigenvalue weighted by Crippen LogP contribution is -2.08. The molecule has 23 heavy (non-hydrogen) atoms. The summed E-state index contributed by atoms with van der Waals surface area (Å²) >= 11 is 0. The molecular formula is C16H11F3N2O2. The third kappa shape index (κ3) is 2.65. The Kier molecular flexibility index (Phi) is 3.35. The summed E-state index contributed by atoms with van der Waals surface area (Å²) in [7, 11) is 0. The highest BCUT2D eigenvalue weighted by Crippen LogP contribution is 2.39. The van der Waals surface area contributed by atoms with Gasteiger partial charge in [0.15, 0.2) is 0 Å². The monoisotopic (exact) mass is 320 g/mol. The summed E-state index contributed by atoms with van der Waals surface area (Å²) in [5, 5.41) is 11.3. The molecule has 118 valence electrons. The van der Waals surface area contributed by atoms with Gasteiger partial charge in [-0.25, -0.2) is 0 Å². The van der Waals surface area contributed by atoms with E-state index in [0.717, 1.165) is 23.3 Å². The summed E-state index contributed by atoms with van der Waals surface area (Å²) < 4.78 is 39.0. The second-order valence-electron chi connectivity index (χ2n) is 5.21. The van der Waals surface area contributed by atoms with Gasteiger partial charge < -0.3 is 4.98 Å². The fourth-order valence-corrected chi connectivity index (χ4v) is 2.57. The van der Waals surface area contributed by atoms with Gasteiger partial charge in [-0.15, -0.1) is 0 Å². The van der Waals surface area contributed by atoms with E-state index in [1.807, 2.05) is 31.2 Å². The van der Waals surface area contributed by atoms with E-state index in [9.17, 15) is 23.3 Å². The van der Waals surface area contributed by atoms with E-state index in [2.05, 4.69) is 4.98 Å². The van der Waals surface area contributed by atoms with Crippen molar-refractivity contribution in [2.45, 2.75) is 13.1 Å². The van der Waals surface area contributed by atoms with Crippen LogP contribution in [0.25, 0.3) is 22.2 Å². The number of alkyl halides is 3. The normalized spacial score (nSPS) is 11.8. The smallest absolute Gasteiger partial charge is 0.355 e. The van der Waals surface area contributed by atoms with Gasteiger partial charge in [0.1, 0.15) is 5.56 Å². The lowest BCUT2D eigenvalue weighted by atomic mass is 10.1. The van der Waals surface area contributed by atoms with Crippen molar-refractivity contribution in [3.63, 3.8) is 0 Å². The molecule has 0 saturated heterocycles. The molecule has 3 rings (SSSR count). The van der Waals surface area contributed by atoms with Crippen LogP contribution in [0.1, 0.15) is 11.1 Å². The van der Waals surface area contributed by atoms with Crippen molar-refractivity contribution >= 4 is 16.6 Å². The Hall–Kier alpha value is -2.83. The Balaban J connectivity index is 2.25. The number of nitrogens with zero attached hydrogens (tertiary/aromatic N) is 1. The van der Waals surface area contributed by atoms with Crippen LogP contribution in [0, 0.1) is 17.0 Å². The number of benzene rings is 2. The number of fused-ring (bicyclic) bond motifs is 1. The average Bonchev–Trinajstić information content (AvgIpc) is 2.88. The van der Waals surface area contributed by atoms with Gasteiger partial charge in [0.25, 0.3) is 5.69 Å². The van der Waals surface area contributed by atoms with E-state index in [0.29, 0.717) is 11.1 Å². The highest BCUT2D eigenvalue weighted by molar-refractivity contribution is 5.89. The zero-order valence-electron chi connectivity index (χ0n) is 11.9. The molecule has 0 spiro atoms. The molecule has 0 aliphatic carbocycles. The van der Waals surface area contributed by atoms with Crippen LogP contribution in [-0.4, -0.2) is 9.91 Å². The molecule has 1 aromatic heterocycles. The number of rotatable bonds is 2. The van der Waals surface area contributed by atoms with Crippen LogP contribution in [0.5, 0.6) is 0 Å². The lowest BCUT2D eigenvalue weighted by molar-refractivity contribution is -0.387. The van der Waals surface area contributed by atoms with Gasteiger partial charge in [0.05, 0.1) is 4.92 Å². The molecule has 0 amide bonds. The minimum atomic E-state index is -4.79. The van der Waals surface area contributed by atoms with E-state index in [1.54, 1.807) is 6.07 Å². The average molecular weight is 320 g/mol. The second-order valence-corrected chi connectivity index (χ2v) is 5.21. The Morgan fingerprint density at radius 3 is 2.43 bits per heavy atom. The summed E-state index contributed by atoms with van der Waals surface area (Å²) in [6.45, 7) is 1.88. The van der Waals surface area contributed by atoms with Crippen LogP contribution in [0.2, 0.25) is 0 Å². The maximum absolute atomic E-state index is 13.0. The molecule has 0 atom stereocenters. The van der Waals surface area contributed by atoms with E-state index in [1.165, 1.54) is 0 Å².